The number of fused-ring (bicyclic) bond motifs is 5. The minimum Gasteiger partial charge on any atom is -0.313 e. The Balaban J connectivity index is 1.36. The molecule has 0 radical (unpaired) electrons. The van der Waals surface area contributed by atoms with Gasteiger partial charge in [0.15, 0.2) is 0 Å². The molecule has 82 valence electrons. The fourth-order valence-electron chi connectivity index (χ4n) is 4.20. The molecule has 0 spiro atoms. The molecule has 3 fully saturated rings. The van der Waals surface area contributed by atoms with Gasteiger partial charge in [0.05, 0.1) is 6.07 Å². The van der Waals surface area contributed by atoms with E-state index in [4.69, 9.17) is 5.26 Å². The van der Waals surface area contributed by atoms with Crippen molar-refractivity contribution >= 4 is 0 Å². The maximum atomic E-state index is 8.43. The Kier molecular flexibility index (Phi) is 2.44. The number of hydrogen-bond donors (Lipinski definition) is 1. The lowest BCUT2D eigenvalue weighted by molar-refractivity contribution is 0.456. The van der Waals surface area contributed by atoms with Gasteiger partial charge >= 0.3 is 0 Å². The summed E-state index contributed by atoms with van der Waals surface area (Å²) in [6, 6.07) is 3.08. The van der Waals surface area contributed by atoms with Gasteiger partial charge in [-0.25, -0.2) is 0 Å². The molecule has 0 saturated heterocycles. The van der Waals surface area contributed by atoms with Gasteiger partial charge in [0.25, 0.3) is 0 Å². The van der Waals surface area contributed by atoms with Crippen LogP contribution in [0.15, 0.2) is 0 Å². The van der Waals surface area contributed by atoms with Crippen LogP contribution in [0.3, 0.4) is 0 Å². The molecule has 3 saturated carbocycles. The van der Waals surface area contributed by atoms with E-state index >= 15 is 0 Å². The van der Waals surface area contributed by atoms with Gasteiger partial charge in [-0.15, -0.1) is 0 Å². The Morgan fingerprint density at radius 2 is 1.87 bits per heavy atom. The number of hydrogen-bond acceptors (Lipinski definition) is 2. The van der Waals surface area contributed by atoms with Gasteiger partial charge < -0.3 is 5.32 Å². The molecular weight excluding hydrogens is 184 g/mol. The van der Waals surface area contributed by atoms with Crippen molar-refractivity contribution in [1.82, 2.24) is 5.32 Å². The molecule has 15 heavy (non-hydrogen) atoms. The van der Waals surface area contributed by atoms with Gasteiger partial charge in [-0.05, 0) is 62.3 Å². The maximum absolute atomic E-state index is 8.43. The SMILES string of the molecule is N#CCCCCNC1C2C3CCC(C3)C12. The van der Waals surface area contributed by atoms with Gasteiger partial charge in [-0.2, -0.15) is 5.26 Å². The quantitative estimate of drug-likeness (QED) is 0.698. The summed E-state index contributed by atoms with van der Waals surface area (Å²) in [6.45, 7) is 1.14. The van der Waals surface area contributed by atoms with Crippen molar-refractivity contribution in [3.05, 3.63) is 0 Å². The van der Waals surface area contributed by atoms with Crippen molar-refractivity contribution in [2.45, 2.75) is 44.6 Å². The summed E-state index contributed by atoms with van der Waals surface area (Å²) in [5.41, 5.74) is 0. The summed E-state index contributed by atoms with van der Waals surface area (Å²) in [7, 11) is 0. The van der Waals surface area contributed by atoms with E-state index < -0.39 is 0 Å². The second-order valence-corrected chi connectivity index (χ2v) is 5.58. The highest BCUT2D eigenvalue weighted by molar-refractivity contribution is 5.16. The first-order chi connectivity index (χ1) is 7.42. The molecule has 0 heterocycles. The predicted octanol–water partition coefficient (Wildman–Crippen LogP) is 2.31. The topological polar surface area (TPSA) is 35.8 Å². The van der Waals surface area contributed by atoms with Crippen molar-refractivity contribution in [2.24, 2.45) is 23.7 Å². The highest BCUT2D eigenvalue weighted by Gasteiger charge is 2.64. The van der Waals surface area contributed by atoms with Gasteiger partial charge in [0.1, 0.15) is 0 Å². The maximum Gasteiger partial charge on any atom is 0.0621 e. The first kappa shape index (κ1) is 9.66. The van der Waals surface area contributed by atoms with Crippen LogP contribution >= 0.6 is 0 Å². The summed E-state index contributed by atoms with van der Waals surface area (Å²) in [5, 5.41) is 12.1. The molecule has 3 aliphatic rings. The molecule has 0 aromatic rings. The van der Waals surface area contributed by atoms with Gasteiger partial charge in [-0.3, -0.25) is 0 Å². The summed E-state index contributed by atoms with van der Waals surface area (Å²) in [5.74, 6) is 4.27. The second-order valence-electron chi connectivity index (χ2n) is 5.58. The van der Waals surface area contributed by atoms with Crippen molar-refractivity contribution in [3.63, 3.8) is 0 Å². The van der Waals surface area contributed by atoms with E-state index in [1.165, 1.54) is 19.3 Å². The van der Waals surface area contributed by atoms with Gasteiger partial charge in [0.2, 0.25) is 0 Å². The molecule has 3 aliphatic carbocycles. The van der Waals surface area contributed by atoms with Crippen LogP contribution in [0.4, 0.5) is 0 Å². The van der Waals surface area contributed by atoms with Crippen LogP contribution in [0.5, 0.6) is 0 Å². The Bertz CT molecular complexity index is 265. The van der Waals surface area contributed by atoms with E-state index in [1.54, 1.807) is 6.42 Å². The normalized spacial score (nSPS) is 45.1. The lowest BCUT2D eigenvalue weighted by atomic mass is 10.0. The zero-order valence-corrected chi connectivity index (χ0v) is 9.28. The van der Waals surface area contributed by atoms with Crippen LogP contribution in [0.2, 0.25) is 0 Å². The summed E-state index contributed by atoms with van der Waals surface area (Å²) < 4.78 is 0. The number of unbranched alkanes of at least 4 members (excludes halogenated alkanes) is 2. The van der Waals surface area contributed by atoms with Gasteiger partial charge in [-0.1, -0.05) is 0 Å². The van der Waals surface area contributed by atoms with E-state index in [0.29, 0.717) is 0 Å². The molecule has 2 bridgehead atoms. The molecule has 1 N–H and O–H groups in total. The van der Waals surface area contributed by atoms with Crippen LogP contribution in [0, 0.1) is 35.0 Å². The van der Waals surface area contributed by atoms with Gasteiger partial charge in [0, 0.05) is 12.5 Å². The Hall–Kier alpha value is -0.550. The van der Waals surface area contributed by atoms with E-state index in [9.17, 15) is 0 Å². The van der Waals surface area contributed by atoms with Crippen LogP contribution in [0.1, 0.15) is 38.5 Å². The molecule has 0 aliphatic heterocycles. The lowest BCUT2D eigenvalue weighted by Crippen LogP contribution is -2.23. The number of nitriles is 1. The number of rotatable bonds is 5. The predicted molar refractivity (Wildman–Crippen MR) is 59.1 cm³/mol. The monoisotopic (exact) mass is 204 g/mol. The molecule has 4 unspecified atom stereocenters. The first-order valence-electron chi connectivity index (χ1n) is 6.52. The second kappa shape index (κ2) is 3.79. The van der Waals surface area contributed by atoms with Crippen LogP contribution < -0.4 is 5.32 Å². The highest BCUT2D eigenvalue weighted by Crippen LogP contribution is 2.65. The molecular formula is C13H20N2. The van der Waals surface area contributed by atoms with Crippen LogP contribution in [-0.4, -0.2) is 12.6 Å². The van der Waals surface area contributed by atoms with Crippen LogP contribution in [0.25, 0.3) is 0 Å². The Morgan fingerprint density at radius 3 is 2.53 bits per heavy atom. The minimum absolute atomic E-state index is 0.727. The number of nitrogens with one attached hydrogen (secondary N) is 1. The van der Waals surface area contributed by atoms with E-state index in [0.717, 1.165) is 49.1 Å². The number of nitrogens with zero attached hydrogens (tertiary/aromatic N) is 1. The molecule has 4 atom stereocenters. The highest BCUT2D eigenvalue weighted by atomic mass is 15.0. The average Bonchev–Trinajstić information content (AvgIpc) is 2.67. The fraction of sp³-hybridized carbons (Fsp3) is 0.923. The van der Waals surface area contributed by atoms with Crippen molar-refractivity contribution < 1.29 is 0 Å². The third-order valence-electron chi connectivity index (χ3n) is 4.83. The third-order valence-corrected chi connectivity index (χ3v) is 4.83. The largest absolute Gasteiger partial charge is 0.313 e. The molecule has 0 aromatic carbocycles. The van der Waals surface area contributed by atoms with Crippen molar-refractivity contribution in [3.8, 4) is 6.07 Å². The molecule has 3 rings (SSSR count). The van der Waals surface area contributed by atoms with E-state index in [1.807, 2.05) is 0 Å². The smallest absolute Gasteiger partial charge is 0.0621 e. The average molecular weight is 204 g/mol. The van der Waals surface area contributed by atoms with Crippen LogP contribution in [-0.2, 0) is 0 Å². The van der Waals surface area contributed by atoms with Crippen molar-refractivity contribution in [1.29, 1.82) is 5.26 Å². The zero-order valence-electron chi connectivity index (χ0n) is 9.28. The van der Waals surface area contributed by atoms with E-state index in [-0.39, 0.29) is 0 Å². The zero-order chi connectivity index (χ0) is 10.3. The Morgan fingerprint density at radius 1 is 1.13 bits per heavy atom. The fourth-order valence-corrected chi connectivity index (χ4v) is 4.20. The molecule has 0 aromatic heterocycles. The lowest BCUT2D eigenvalue weighted by Gasteiger charge is -2.09. The van der Waals surface area contributed by atoms with Crippen molar-refractivity contribution in [2.75, 3.05) is 6.54 Å². The van der Waals surface area contributed by atoms with E-state index in [2.05, 4.69) is 11.4 Å². The summed E-state index contributed by atoms with van der Waals surface area (Å²) >= 11 is 0. The minimum atomic E-state index is 0.727. The Labute approximate surface area is 92.0 Å². The molecule has 2 nitrogen and oxygen atoms in total. The third kappa shape index (κ3) is 1.58. The summed E-state index contributed by atoms with van der Waals surface area (Å²) in [6.07, 6.45) is 7.54. The standard InChI is InChI=1S/C13H20N2/c14-6-2-1-3-7-15-13-11-9-4-5-10(8-9)12(11)13/h9-13,15H,1-5,7-8H2. The first-order valence-corrected chi connectivity index (χ1v) is 6.52. The molecule has 0 amide bonds. The summed E-state index contributed by atoms with van der Waals surface area (Å²) in [4.78, 5) is 0. The molecule has 2 heteroatoms.